The summed E-state index contributed by atoms with van der Waals surface area (Å²) >= 11 is 0. The van der Waals surface area contributed by atoms with Crippen LogP contribution in [0.5, 0.6) is 0 Å². The van der Waals surface area contributed by atoms with Crippen molar-refractivity contribution in [1.82, 2.24) is 4.57 Å². The van der Waals surface area contributed by atoms with Crippen LogP contribution in [-0.2, 0) is 12.8 Å². The number of nitrogens with one attached hydrogen (secondary N) is 1. The van der Waals surface area contributed by atoms with Crippen LogP contribution in [0.15, 0.2) is 42.6 Å². The predicted octanol–water partition coefficient (Wildman–Crippen LogP) is 4.82. The van der Waals surface area contributed by atoms with Gasteiger partial charge in [0.05, 0.1) is 11.1 Å². The molecule has 1 heterocycles. The molecular weight excluding hydrogens is 331 g/mol. The van der Waals surface area contributed by atoms with Gasteiger partial charge in [0.15, 0.2) is 0 Å². The molecule has 0 spiro atoms. The first-order valence-corrected chi connectivity index (χ1v) is 8.69. The quantitative estimate of drug-likeness (QED) is 0.732. The van der Waals surface area contributed by atoms with Gasteiger partial charge in [-0.25, -0.2) is 4.39 Å². The zero-order valence-corrected chi connectivity index (χ0v) is 15.1. The van der Waals surface area contributed by atoms with E-state index in [0.717, 1.165) is 29.7 Å². The Hall–Kier alpha value is -2.95. The number of aryl methyl sites for hydroxylation is 2. The van der Waals surface area contributed by atoms with E-state index in [1.54, 1.807) is 0 Å². The molecule has 134 valence electrons. The van der Waals surface area contributed by atoms with Gasteiger partial charge in [0.1, 0.15) is 5.82 Å². The maximum Gasteiger partial charge on any atom is 0.257 e. The van der Waals surface area contributed by atoms with Crippen molar-refractivity contribution >= 4 is 28.4 Å². The molecule has 0 fully saturated rings. The Morgan fingerprint density at radius 1 is 1.08 bits per heavy atom. The number of carbonyl (C=O) groups excluding carboxylic acids is 2. The Morgan fingerprint density at radius 3 is 2.31 bits per heavy atom. The van der Waals surface area contributed by atoms with E-state index in [2.05, 4.69) is 5.32 Å². The second kappa shape index (κ2) is 7.12. The lowest BCUT2D eigenvalue weighted by Gasteiger charge is -2.14. The van der Waals surface area contributed by atoms with E-state index < -0.39 is 5.82 Å². The SMILES string of the molecule is CCc1cccc(CC)c1NC(=O)c1cn(C(C)=O)c2ccc(F)cc12. The van der Waals surface area contributed by atoms with E-state index in [4.69, 9.17) is 0 Å². The van der Waals surface area contributed by atoms with E-state index in [0.29, 0.717) is 10.9 Å². The molecule has 4 nitrogen and oxygen atoms in total. The molecule has 0 aliphatic heterocycles. The summed E-state index contributed by atoms with van der Waals surface area (Å²) in [6.07, 6.45) is 3.04. The second-order valence-electron chi connectivity index (χ2n) is 6.21. The molecular formula is C21H21FN2O2. The van der Waals surface area contributed by atoms with Crippen LogP contribution in [0, 0.1) is 5.82 Å². The maximum atomic E-state index is 13.7. The Balaban J connectivity index is 2.10. The fourth-order valence-corrected chi connectivity index (χ4v) is 3.23. The molecule has 0 unspecified atom stereocenters. The highest BCUT2D eigenvalue weighted by Gasteiger charge is 2.19. The highest BCUT2D eigenvalue weighted by atomic mass is 19.1. The summed E-state index contributed by atoms with van der Waals surface area (Å²) in [6.45, 7) is 5.47. The topological polar surface area (TPSA) is 51.1 Å². The Labute approximate surface area is 151 Å². The Kier molecular flexibility index (Phi) is 4.89. The molecule has 0 atom stereocenters. The number of nitrogens with zero attached hydrogens (tertiary/aromatic N) is 1. The van der Waals surface area contributed by atoms with Gasteiger partial charge in [-0.2, -0.15) is 0 Å². The normalized spacial score (nSPS) is 10.9. The van der Waals surface area contributed by atoms with Crippen LogP contribution in [0.1, 0.15) is 47.1 Å². The predicted molar refractivity (Wildman–Crippen MR) is 101 cm³/mol. The average Bonchev–Trinajstić information content (AvgIpc) is 3.00. The minimum Gasteiger partial charge on any atom is -0.321 e. The fourth-order valence-electron chi connectivity index (χ4n) is 3.23. The number of para-hydroxylation sites is 1. The number of halogens is 1. The van der Waals surface area contributed by atoms with Crippen LogP contribution in [0.25, 0.3) is 10.9 Å². The van der Waals surface area contributed by atoms with Gasteiger partial charge in [-0.3, -0.25) is 14.2 Å². The zero-order valence-electron chi connectivity index (χ0n) is 15.1. The lowest BCUT2D eigenvalue weighted by molar-refractivity contribution is 0.0941. The van der Waals surface area contributed by atoms with E-state index >= 15 is 0 Å². The van der Waals surface area contributed by atoms with E-state index in [9.17, 15) is 14.0 Å². The summed E-state index contributed by atoms with van der Waals surface area (Å²) < 4.78 is 15.1. The molecule has 26 heavy (non-hydrogen) atoms. The smallest absolute Gasteiger partial charge is 0.257 e. The molecule has 0 bridgehead atoms. The van der Waals surface area contributed by atoms with Crippen molar-refractivity contribution in [3.8, 4) is 0 Å². The molecule has 0 radical (unpaired) electrons. The van der Waals surface area contributed by atoms with Crippen molar-refractivity contribution in [2.45, 2.75) is 33.6 Å². The third-order valence-corrected chi connectivity index (χ3v) is 4.59. The number of benzene rings is 2. The first-order valence-electron chi connectivity index (χ1n) is 8.69. The largest absolute Gasteiger partial charge is 0.321 e. The highest BCUT2D eigenvalue weighted by molar-refractivity contribution is 6.14. The van der Waals surface area contributed by atoms with Crippen molar-refractivity contribution in [2.75, 3.05) is 5.32 Å². The number of rotatable bonds is 4. The minimum atomic E-state index is -0.448. The molecule has 0 saturated heterocycles. The number of hydrogen-bond donors (Lipinski definition) is 1. The molecule has 3 rings (SSSR count). The van der Waals surface area contributed by atoms with Gasteiger partial charge >= 0.3 is 0 Å². The van der Waals surface area contributed by atoms with Gasteiger partial charge in [-0.1, -0.05) is 32.0 Å². The van der Waals surface area contributed by atoms with Crippen molar-refractivity contribution in [2.24, 2.45) is 0 Å². The number of anilines is 1. The second-order valence-corrected chi connectivity index (χ2v) is 6.21. The molecule has 0 aliphatic carbocycles. The summed E-state index contributed by atoms with van der Waals surface area (Å²) in [5.41, 5.74) is 3.67. The summed E-state index contributed by atoms with van der Waals surface area (Å²) in [6, 6.07) is 10.0. The lowest BCUT2D eigenvalue weighted by atomic mass is 10.0. The first-order chi connectivity index (χ1) is 12.5. The van der Waals surface area contributed by atoms with E-state index in [1.165, 1.54) is 35.9 Å². The van der Waals surface area contributed by atoms with Crippen molar-refractivity contribution in [3.05, 3.63) is 65.1 Å². The molecule has 1 N–H and O–H groups in total. The van der Waals surface area contributed by atoms with Crippen LogP contribution < -0.4 is 5.32 Å². The summed E-state index contributed by atoms with van der Waals surface area (Å²) in [7, 11) is 0. The summed E-state index contributed by atoms with van der Waals surface area (Å²) in [5.74, 6) is -1.03. The molecule has 5 heteroatoms. The number of carbonyl (C=O) groups is 2. The standard InChI is InChI=1S/C21H21FN2O2/c1-4-14-7-6-8-15(5-2)20(14)23-21(26)18-12-24(13(3)25)19-10-9-16(22)11-17(18)19/h6-12H,4-5H2,1-3H3,(H,23,26). The highest BCUT2D eigenvalue weighted by Crippen LogP contribution is 2.27. The van der Waals surface area contributed by atoms with Gasteiger partial charge in [0.2, 0.25) is 5.91 Å². The van der Waals surface area contributed by atoms with Crippen molar-refractivity contribution < 1.29 is 14.0 Å². The van der Waals surface area contributed by atoms with Gasteiger partial charge in [-0.05, 0) is 42.2 Å². The van der Waals surface area contributed by atoms with Crippen LogP contribution >= 0.6 is 0 Å². The number of fused-ring (bicyclic) bond motifs is 1. The number of aromatic nitrogens is 1. The maximum absolute atomic E-state index is 13.7. The molecule has 1 aromatic heterocycles. The van der Waals surface area contributed by atoms with E-state index in [1.807, 2.05) is 32.0 Å². The third-order valence-electron chi connectivity index (χ3n) is 4.59. The third kappa shape index (κ3) is 3.12. The summed E-state index contributed by atoms with van der Waals surface area (Å²) in [4.78, 5) is 24.8. The van der Waals surface area contributed by atoms with Gasteiger partial charge in [0.25, 0.3) is 5.91 Å². The molecule has 0 aliphatic rings. The lowest BCUT2D eigenvalue weighted by Crippen LogP contribution is -2.15. The molecule has 2 aromatic carbocycles. The monoisotopic (exact) mass is 352 g/mol. The number of hydrogen-bond acceptors (Lipinski definition) is 2. The molecule has 0 saturated carbocycles. The molecule has 3 aromatic rings. The fraction of sp³-hybridized carbons (Fsp3) is 0.238. The zero-order chi connectivity index (χ0) is 18.8. The van der Waals surface area contributed by atoms with Crippen molar-refractivity contribution in [3.63, 3.8) is 0 Å². The van der Waals surface area contributed by atoms with Crippen LogP contribution in [0.3, 0.4) is 0 Å². The van der Waals surface area contributed by atoms with Crippen molar-refractivity contribution in [1.29, 1.82) is 0 Å². The van der Waals surface area contributed by atoms with Crippen LogP contribution in [0.4, 0.5) is 10.1 Å². The first kappa shape index (κ1) is 17.9. The number of amides is 1. The summed E-state index contributed by atoms with van der Waals surface area (Å²) in [5, 5.41) is 3.40. The van der Waals surface area contributed by atoms with Crippen LogP contribution in [-0.4, -0.2) is 16.4 Å². The minimum absolute atomic E-state index is 0.233. The van der Waals surface area contributed by atoms with Gasteiger partial charge in [0, 0.05) is 24.2 Å². The Morgan fingerprint density at radius 2 is 1.73 bits per heavy atom. The van der Waals surface area contributed by atoms with Gasteiger partial charge < -0.3 is 5.32 Å². The molecule has 1 amide bonds. The van der Waals surface area contributed by atoms with Gasteiger partial charge in [-0.15, -0.1) is 0 Å². The Bertz CT molecular complexity index is 982. The average molecular weight is 352 g/mol. The van der Waals surface area contributed by atoms with Crippen LogP contribution in [0.2, 0.25) is 0 Å². The van der Waals surface area contributed by atoms with E-state index in [-0.39, 0.29) is 17.4 Å².